The number of carbonyl (C=O) groups excluding carboxylic acids is 1. The van der Waals surface area contributed by atoms with Crippen LogP contribution in [0.25, 0.3) is 0 Å². The minimum absolute atomic E-state index is 0.161. The van der Waals surface area contributed by atoms with E-state index in [-0.39, 0.29) is 6.10 Å². The number of ether oxygens (including phenoxy) is 2. The summed E-state index contributed by atoms with van der Waals surface area (Å²) in [6.45, 7) is 5.99. The Bertz CT molecular complexity index is 166. The molecule has 0 heterocycles. The van der Waals surface area contributed by atoms with Crippen LogP contribution < -0.4 is 5.73 Å². The Morgan fingerprint density at radius 3 is 2.46 bits per heavy atom. The van der Waals surface area contributed by atoms with Crippen LogP contribution in [0.5, 0.6) is 0 Å². The van der Waals surface area contributed by atoms with Crippen molar-refractivity contribution >= 4 is 5.97 Å². The molecule has 4 heteroatoms. The highest BCUT2D eigenvalue weighted by atomic mass is 16.5. The maximum absolute atomic E-state index is 11.1. The molecule has 0 rings (SSSR count). The number of nitrogens with two attached hydrogens (primary N) is 1. The number of hydrogen-bond acceptors (Lipinski definition) is 4. The first-order chi connectivity index (χ1) is 5.90. The average molecular weight is 189 g/mol. The monoisotopic (exact) mass is 189 g/mol. The van der Waals surface area contributed by atoms with Gasteiger partial charge in [0.05, 0.1) is 13.2 Å². The lowest BCUT2D eigenvalue weighted by molar-refractivity contribution is -0.147. The van der Waals surface area contributed by atoms with Gasteiger partial charge in [-0.1, -0.05) is 0 Å². The number of esters is 1. The van der Waals surface area contributed by atoms with Gasteiger partial charge in [-0.2, -0.15) is 0 Å². The largest absolute Gasteiger partial charge is 0.468 e. The van der Waals surface area contributed by atoms with Crippen molar-refractivity contribution in [3.8, 4) is 0 Å². The van der Waals surface area contributed by atoms with Crippen molar-refractivity contribution in [3.05, 3.63) is 0 Å². The van der Waals surface area contributed by atoms with Crippen LogP contribution in [0.4, 0.5) is 0 Å². The fraction of sp³-hybridized carbons (Fsp3) is 0.889. The molecule has 0 saturated carbocycles. The molecule has 78 valence electrons. The van der Waals surface area contributed by atoms with E-state index in [4.69, 9.17) is 10.5 Å². The van der Waals surface area contributed by atoms with Gasteiger partial charge in [0.15, 0.2) is 0 Å². The highest BCUT2D eigenvalue weighted by molar-refractivity contribution is 5.79. The van der Waals surface area contributed by atoms with Gasteiger partial charge in [0.1, 0.15) is 5.54 Å². The Balaban J connectivity index is 3.82. The second-order valence-corrected chi connectivity index (χ2v) is 3.58. The topological polar surface area (TPSA) is 61.5 Å². The van der Waals surface area contributed by atoms with Crippen LogP contribution in [-0.2, 0) is 14.3 Å². The maximum atomic E-state index is 11.1. The second-order valence-electron chi connectivity index (χ2n) is 3.58. The van der Waals surface area contributed by atoms with Gasteiger partial charge in [-0.25, -0.2) is 0 Å². The zero-order chi connectivity index (χ0) is 10.5. The van der Waals surface area contributed by atoms with E-state index in [1.54, 1.807) is 6.92 Å². The Hall–Kier alpha value is -0.610. The van der Waals surface area contributed by atoms with E-state index in [0.717, 1.165) is 0 Å². The third kappa shape index (κ3) is 4.85. The molecule has 0 aliphatic rings. The van der Waals surface area contributed by atoms with Gasteiger partial charge in [0, 0.05) is 6.61 Å². The molecule has 0 amide bonds. The van der Waals surface area contributed by atoms with Crippen LogP contribution in [0.15, 0.2) is 0 Å². The summed E-state index contributed by atoms with van der Waals surface area (Å²) in [5, 5.41) is 0. The minimum atomic E-state index is -0.941. The smallest absolute Gasteiger partial charge is 0.325 e. The molecule has 0 aliphatic carbocycles. The van der Waals surface area contributed by atoms with E-state index in [1.165, 1.54) is 7.11 Å². The van der Waals surface area contributed by atoms with E-state index in [2.05, 4.69) is 4.74 Å². The Morgan fingerprint density at radius 2 is 2.08 bits per heavy atom. The van der Waals surface area contributed by atoms with Crippen LogP contribution in [-0.4, -0.2) is 31.3 Å². The number of rotatable bonds is 5. The summed E-state index contributed by atoms with van der Waals surface area (Å²) in [5.74, 6) is -0.403. The number of hydrogen-bond donors (Lipinski definition) is 1. The predicted molar refractivity (Wildman–Crippen MR) is 50.3 cm³/mol. The summed E-state index contributed by atoms with van der Waals surface area (Å²) >= 11 is 0. The van der Waals surface area contributed by atoms with E-state index < -0.39 is 11.5 Å². The molecule has 4 nitrogen and oxygen atoms in total. The zero-order valence-electron chi connectivity index (χ0n) is 8.79. The lowest BCUT2D eigenvalue weighted by atomic mass is 10.0. The third-order valence-corrected chi connectivity index (χ3v) is 1.72. The summed E-state index contributed by atoms with van der Waals surface area (Å²) in [6.07, 6.45) is 0.631. The molecule has 0 fully saturated rings. The number of methoxy groups -OCH3 is 1. The number of carbonyl (C=O) groups is 1. The van der Waals surface area contributed by atoms with Crippen LogP contribution >= 0.6 is 0 Å². The van der Waals surface area contributed by atoms with Gasteiger partial charge in [0.2, 0.25) is 0 Å². The third-order valence-electron chi connectivity index (χ3n) is 1.72. The van der Waals surface area contributed by atoms with Crippen molar-refractivity contribution in [2.75, 3.05) is 13.7 Å². The quantitative estimate of drug-likeness (QED) is 0.646. The summed E-state index contributed by atoms with van der Waals surface area (Å²) < 4.78 is 9.84. The molecule has 0 radical (unpaired) electrons. The molecule has 0 aromatic heterocycles. The maximum Gasteiger partial charge on any atom is 0.325 e. The fourth-order valence-corrected chi connectivity index (χ4v) is 0.842. The second kappa shape index (κ2) is 5.19. The van der Waals surface area contributed by atoms with Crippen LogP contribution in [0, 0.1) is 0 Å². The SMILES string of the molecule is COC(=O)C(C)(N)CCOC(C)C. The highest BCUT2D eigenvalue weighted by Crippen LogP contribution is 2.08. The van der Waals surface area contributed by atoms with Crippen molar-refractivity contribution < 1.29 is 14.3 Å². The molecule has 13 heavy (non-hydrogen) atoms. The Labute approximate surface area is 79.4 Å². The average Bonchev–Trinajstić information content (AvgIpc) is 2.01. The predicted octanol–water partition coefficient (Wildman–Crippen LogP) is 0.692. The van der Waals surface area contributed by atoms with Gasteiger partial charge < -0.3 is 15.2 Å². The van der Waals surface area contributed by atoms with Crippen LogP contribution in [0.1, 0.15) is 27.2 Å². The molecule has 0 aliphatic heterocycles. The van der Waals surface area contributed by atoms with E-state index in [1.807, 2.05) is 13.8 Å². The molecule has 0 spiro atoms. The van der Waals surface area contributed by atoms with E-state index in [9.17, 15) is 4.79 Å². The highest BCUT2D eigenvalue weighted by Gasteiger charge is 2.28. The summed E-state index contributed by atoms with van der Waals surface area (Å²) in [5.41, 5.74) is 4.76. The molecule has 0 saturated heterocycles. The lowest BCUT2D eigenvalue weighted by Crippen LogP contribution is -2.46. The first kappa shape index (κ1) is 12.4. The zero-order valence-corrected chi connectivity index (χ0v) is 8.79. The van der Waals surface area contributed by atoms with Crippen molar-refractivity contribution in [2.24, 2.45) is 5.73 Å². The van der Waals surface area contributed by atoms with Crippen molar-refractivity contribution in [1.29, 1.82) is 0 Å². The normalized spacial score (nSPS) is 15.5. The van der Waals surface area contributed by atoms with E-state index >= 15 is 0 Å². The first-order valence-electron chi connectivity index (χ1n) is 4.39. The molecule has 1 unspecified atom stereocenters. The summed E-state index contributed by atoms with van der Waals surface area (Å²) in [6, 6.07) is 0. The van der Waals surface area contributed by atoms with Gasteiger partial charge in [-0.3, -0.25) is 4.79 Å². The molecular weight excluding hydrogens is 170 g/mol. The Morgan fingerprint density at radius 1 is 1.54 bits per heavy atom. The van der Waals surface area contributed by atoms with Crippen molar-refractivity contribution in [3.63, 3.8) is 0 Å². The molecule has 2 N–H and O–H groups in total. The summed E-state index contributed by atoms with van der Waals surface area (Å²) in [4.78, 5) is 11.1. The molecular formula is C9H19NO3. The van der Waals surface area contributed by atoms with Crippen molar-refractivity contribution in [2.45, 2.75) is 38.8 Å². The van der Waals surface area contributed by atoms with E-state index in [0.29, 0.717) is 13.0 Å². The van der Waals surface area contributed by atoms with Gasteiger partial charge in [0.25, 0.3) is 0 Å². The van der Waals surface area contributed by atoms with Crippen LogP contribution in [0.3, 0.4) is 0 Å². The molecule has 0 aromatic carbocycles. The van der Waals surface area contributed by atoms with Crippen molar-refractivity contribution in [1.82, 2.24) is 0 Å². The molecule has 0 bridgehead atoms. The van der Waals surface area contributed by atoms with Gasteiger partial charge in [-0.05, 0) is 27.2 Å². The first-order valence-corrected chi connectivity index (χ1v) is 4.39. The Kier molecular flexibility index (Phi) is 4.95. The molecule has 1 atom stereocenters. The van der Waals surface area contributed by atoms with Crippen LogP contribution in [0.2, 0.25) is 0 Å². The van der Waals surface area contributed by atoms with Gasteiger partial charge in [-0.15, -0.1) is 0 Å². The standard InChI is InChI=1S/C9H19NO3/c1-7(2)13-6-5-9(3,10)8(11)12-4/h7H,5-6,10H2,1-4H3. The lowest BCUT2D eigenvalue weighted by Gasteiger charge is -2.21. The summed E-state index contributed by atoms with van der Waals surface area (Å²) in [7, 11) is 1.33. The molecule has 0 aromatic rings. The van der Waals surface area contributed by atoms with Gasteiger partial charge >= 0.3 is 5.97 Å². The fourth-order valence-electron chi connectivity index (χ4n) is 0.842. The minimum Gasteiger partial charge on any atom is -0.468 e.